The van der Waals surface area contributed by atoms with Crippen LogP contribution in [0.5, 0.6) is 0 Å². The van der Waals surface area contributed by atoms with E-state index in [0.29, 0.717) is 27.9 Å². The number of aliphatic carboxylic acids is 1. The van der Waals surface area contributed by atoms with Crippen molar-refractivity contribution in [1.82, 2.24) is 14.9 Å². The van der Waals surface area contributed by atoms with E-state index in [-0.39, 0.29) is 6.04 Å². The number of likely N-dealkylation sites (tertiary alicyclic amines) is 1. The minimum atomic E-state index is -0.653. The number of nitrogens with zero attached hydrogens (tertiary/aromatic N) is 4. The molecule has 0 unspecified atom stereocenters. The first-order valence-electron chi connectivity index (χ1n) is 13.8. The highest BCUT2D eigenvalue weighted by molar-refractivity contribution is 7.17. The number of anilines is 2. The molecule has 2 N–H and O–H groups in total. The average Bonchev–Trinajstić information content (AvgIpc) is 3.22. The Labute approximate surface area is 243 Å². The molecule has 3 aliphatic rings. The number of benzene rings is 1. The number of carbonyl (C=O) groups is 1. The van der Waals surface area contributed by atoms with Crippen molar-refractivity contribution in [3.8, 4) is 0 Å². The normalized spacial score (nSPS) is 26.7. The lowest BCUT2D eigenvalue weighted by molar-refractivity contribution is -0.158. The van der Waals surface area contributed by atoms with E-state index in [4.69, 9.17) is 33.2 Å². The van der Waals surface area contributed by atoms with E-state index in [0.717, 1.165) is 72.1 Å². The van der Waals surface area contributed by atoms with E-state index in [9.17, 15) is 9.90 Å². The molecule has 1 saturated carbocycles. The van der Waals surface area contributed by atoms with Gasteiger partial charge in [0.2, 0.25) is 5.95 Å². The summed E-state index contributed by atoms with van der Waals surface area (Å²) in [6.45, 7) is 10.2. The Morgan fingerprint density at radius 2 is 1.97 bits per heavy atom. The summed E-state index contributed by atoms with van der Waals surface area (Å²) in [6.07, 6.45) is 3.98. The summed E-state index contributed by atoms with van der Waals surface area (Å²) in [6, 6.07) is 5.96. The molecule has 2 atom stereocenters. The van der Waals surface area contributed by atoms with Gasteiger partial charge in [-0.15, -0.1) is 11.3 Å². The number of rotatable bonds is 7. The van der Waals surface area contributed by atoms with Crippen LogP contribution in [0.15, 0.2) is 23.6 Å². The minimum Gasteiger partial charge on any atom is -0.481 e. The van der Waals surface area contributed by atoms with E-state index in [1.165, 1.54) is 12.8 Å². The maximum absolute atomic E-state index is 11.5. The SMILES string of the molecule is Cc1csc2nc(N3CC([C@H]4CCCN([C@H]5C[C@](C)(C(=O)O)C5)C4)C3)nc(N[C@H](C)c3ccc(Cl)cc3Cl)c12. The van der Waals surface area contributed by atoms with Crippen molar-refractivity contribution in [2.24, 2.45) is 17.3 Å². The molecule has 0 radical (unpaired) electrons. The van der Waals surface area contributed by atoms with Crippen molar-refractivity contribution in [3.05, 3.63) is 44.8 Å². The van der Waals surface area contributed by atoms with Crippen LogP contribution in [-0.2, 0) is 4.79 Å². The van der Waals surface area contributed by atoms with Gasteiger partial charge < -0.3 is 20.2 Å². The zero-order valence-electron chi connectivity index (χ0n) is 22.6. The number of fused-ring (bicyclic) bond motifs is 1. The number of hydrogen-bond acceptors (Lipinski definition) is 7. The van der Waals surface area contributed by atoms with Crippen LogP contribution in [0.25, 0.3) is 10.2 Å². The van der Waals surface area contributed by atoms with Gasteiger partial charge in [-0.1, -0.05) is 29.3 Å². The quantitative estimate of drug-likeness (QED) is 0.311. The summed E-state index contributed by atoms with van der Waals surface area (Å²) in [4.78, 5) is 27.4. The van der Waals surface area contributed by atoms with Gasteiger partial charge in [-0.3, -0.25) is 4.79 Å². The van der Waals surface area contributed by atoms with Crippen LogP contribution in [0.1, 0.15) is 56.7 Å². The Hall–Kier alpha value is -2.13. The van der Waals surface area contributed by atoms with Gasteiger partial charge in [0.05, 0.1) is 16.8 Å². The predicted octanol–water partition coefficient (Wildman–Crippen LogP) is 6.88. The molecule has 6 rings (SSSR count). The fourth-order valence-corrected chi connectivity index (χ4v) is 8.09. The van der Waals surface area contributed by atoms with E-state index in [2.05, 4.69) is 34.3 Å². The van der Waals surface area contributed by atoms with Gasteiger partial charge in [-0.05, 0) is 93.5 Å². The Balaban J connectivity index is 1.14. The van der Waals surface area contributed by atoms with Crippen molar-refractivity contribution in [2.45, 2.75) is 58.5 Å². The number of aromatic nitrogens is 2. The summed E-state index contributed by atoms with van der Waals surface area (Å²) in [5, 5.41) is 17.6. The highest BCUT2D eigenvalue weighted by Crippen LogP contribution is 2.45. The fraction of sp³-hybridized carbons (Fsp3) is 0.552. The molecule has 1 aliphatic carbocycles. The summed E-state index contributed by atoms with van der Waals surface area (Å²) in [5.41, 5.74) is 1.60. The molecule has 0 bridgehead atoms. The Morgan fingerprint density at radius 3 is 2.69 bits per heavy atom. The number of carboxylic acid groups (broad SMARTS) is 1. The highest BCUT2D eigenvalue weighted by atomic mass is 35.5. The lowest BCUT2D eigenvalue weighted by atomic mass is 9.65. The summed E-state index contributed by atoms with van der Waals surface area (Å²) in [7, 11) is 0. The lowest BCUT2D eigenvalue weighted by Crippen LogP contribution is -2.58. The number of aryl methyl sites for hydroxylation is 1. The van der Waals surface area contributed by atoms with Crippen LogP contribution in [0.3, 0.4) is 0 Å². The number of carboxylic acids is 1. The summed E-state index contributed by atoms with van der Waals surface area (Å²) < 4.78 is 0. The monoisotopic (exact) mass is 587 g/mol. The average molecular weight is 589 g/mol. The number of thiophene rings is 1. The van der Waals surface area contributed by atoms with Gasteiger partial charge in [-0.25, -0.2) is 4.98 Å². The van der Waals surface area contributed by atoms with E-state index >= 15 is 0 Å². The van der Waals surface area contributed by atoms with E-state index in [1.807, 2.05) is 19.1 Å². The Kier molecular flexibility index (Phi) is 7.19. The first-order chi connectivity index (χ1) is 18.6. The minimum absolute atomic E-state index is 0.0492. The highest BCUT2D eigenvalue weighted by Gasteiger charge is 2.49. The zero-order valence-corrected chi connectivity index (χ0v) is 24.9. The van der Waals surface area contributed by atoms with Crippen molar-refractivity contribution < 1.29 is 9.90 Å². The molecule has 1 aromatic carbocycles. The smallest absolute Gasteiger partial charge is 0.309 e. The first-order valence-corrected chi connectivity index (χ1v) is 15.4. The fourth-order valence-electron chi connectivity index (χ4n) is 6.60. The van der Waals surface area contributed by atoms with E-state index in [1.54, 1.807) is 17.4 Å². The van der Waals surface area contributed by atoms with Crippen LogP contribution in [0.4, 0.5) is 11.8 Å². The maximum atomic E-state index is 11.5. The van der Waals surface area contributed by atoms with Gasteiger partial charge in [-0.2, -0.15) is 4.98 Å². The number of hydrogen-bond donors (Lipinski definition) is 2. The number of nitrogens with one attached hydrogen (secondary N) is 1. The van der Waals surface area contributed by atoms with Crippen LogP contribution in [0.2, 0.25) is 10.0 Å². The maximum Gasteiger partial charge on any atom is 0.309 e. The number of piperidine rings is 1. The lowest BCUT2D eigenvalue weighted by Gasteiger charge is -2.52. The van der Waals surface area contributed by atoms with Gasteiger partial charge in [0.1, 0.15) is 10.6 Å². The third-order valence-corrected chi connectivity index (χ3v) is 10.7. The molecule has 0 spiro atoms. The molecule has 2 saturated heterocycles. The van der Waals surface area contributed by atoms with Crippen LogP contribution in [-0.4, -0.2) is 58.2 Å². The molecule has 2 aliphatic heterocycles. The zero-order chi connectivity index (χ0) is 27.5. The second kappa shape index (κ2) is 10.4. The van der Waals surface area contributed by atoms with E-state index < -0.39 is 11.4 Å². The summed E-state index contributed by atoms with van der Waals surface area (Å²) >= 11 is 14.3. The topological polar surface area (TPSA) is 81.6 Å². The molecule has 7 nitrogen and oxygen atoms in total. The van der Waals surface area contributed by atoms with Gasteiger partial charge in [0.15, 0.2) is 0 Å². The molecule has 0 amide bonds. The molecule has 39 heavy (non-hydrogen) atoms. The molecule has 4 heterocycles. The standard InChI is InChI=1S/C29H35Cl2N5O2S/c1-16-15-39-26-24(16)25(32-17(2)22-7-6-20(30)9-23(22)31)33-28(34-26)36-13-19(14-36)18-5-4-8-35(12-18)21-10-29(3,11-21)27(37)38/h6-7,9,15,17-19,21H,4-5,8,10-14H2,1-3H3,(H,37,38)(H,32,33,34)/t17-,18+,21-,29-/m1/s1. The molecule has 208 valence electrons. The van der Waals surface area contributed by atoms with Crippen molar-refractivity contribution in [3.63, 3.8) is 0 Å². The molecule has 2 aromatic heterocycles. The first kappa shape index (κ1) is 27.1. The Morgan fingerprint density at radius 1 is 1.21 bits per heavy atom. The third kappa shape index (κ3) is 5.09. The van der Waals surface area contributed by atoms with Crippen LogP contribution < -0.4 is 10.2 Å². The van der Waals surface area contributed by atoms with Crippen molar-refractivity contribution >= 4 is 62.5 Å². The molecular weight excluding hydrogens is 553 g/mol. The van der Waals surface area contributed by atoms with Gasteiger partial charge in [0, 0.05) is 35.7 Å². The second-order valence-electron chi connectivity index (χ2n) is 12.0. The van der Waals surface area contributed by atoms with Gasteiger partial charge in [0.25, 0.3) is 0 Å². The summed E-state index contributed by atoms with van der Waals surface area (Å²) in [5.74, 6) is 2.22. The van der Waals surface area contributed by atoms with Crippen molar-refractivity contribution in [2.75, 3.05) is 36.4 Å². The van der Waals surface area contributed by atoms with Gasteiger partial charge >= 0.3 is 5.97 Å². The molecule has 10 heteroatoms. The Bertz CT molecular complexity index is 1400. The van der Waals surface area contributed by atoms with Crippen LogP contribution in [0, 0.1) is 24.2 Å². The molecule has 3 aromatic rings. The second-order valence-corrected chi connectivity index (χ2v) is 13.7. The largest absolute Gasteiger partial charge is 0.481 e. The molecular formula is C29H35Cl2N5O2S. The van der Waals surface area contributed by atoms with Crippen LogP contribution >= 0.6 is 34.5 Å². The third-order valence-electron chi connectivity index (χ3n) is 9.14. The number of halogens is 2. The van der Waals surface area contributed by atoms with Crippen molar-refractivity contribution in [1.29, 1.82) is 0 Å². The predicted molar refractivity (Wildman–Crippen MR) is 159 cm³/mol. The molecule has 3 fully saturated rings.